The van der Waals surface area contributed by atoms with Crippen LogP contribution in [0.1, 0.15) is 0 Å². The molecule has 0 unspecified atom stereocenters. The van der Waals surface area contributed by atoms with E-state index in [2.05, 4.69) is 196 Å². The second-order valence-electron chi connectivity index (χ2n) is 14.1. The van der Waals surface area contributed by atoms with E-state index in [0.29, 0.717) is 0 Å². The molecule has 54 heavy (non-hydrogen) atoms. The van der Waals surface area contributed by atoms with Crippen LogP contribution in [0.25, 0.3) is 60.2 Å². The van der Waals surface area contributed by atoms with Gasteiger partial charge in [-0.1, -0.05) is 115 Å². The molecule has 252 valence electrons. The summed E-state index contributed by atoms with van der Waals surface area (Å²) in [6.07, 6.45) is 0. The summed E-state index contributed by atoms with van der Waals surface area (Å²) in [5.74, 6) is 1.68. The summed E-state index contributed by atoms with van der Waals surface area (Å²) >= 11 is 0. The summed E-state index contributed by atoms with van der Waals surface area (Å²) in [5.41, 5.74) is 12.4. The quantitative estimate of drug-likeness (QED) is 0.184. The van der Waals surface area contributed by atoms with E-state index < -0.39 is 0 Å². The minimum Gasteiger partial charge on any atom is -0.453 e. The Labute approximate surface area is 311 Å². The maximum Gasteiger partial charge on any atom is 0.152 e. The smallest absolute Gasteiger partial charge is 0.152 e. The Morgan fingerprint density at radius 3 is 1.91 bits per heavy atom. The second kappa shape index (κ2) is 11.1. The van der Waals surface area contributed by atoms with Gasteiger partial charge in [-0.3, -0.25) is 0 Å². The van der Waals surface area contributed by atoms with Gasteiger partial charge in [0.15, 0.2) is 11.5 Å². The number of para-hydroxylation sites is 4. The highest BCUT2D eigenvalue weighted by Crippen LogP contribution is 2.58. The predicted octanol–water partition coefficient (Wildman–Crippen LogP) is 14.1. The first-order valence-corrected chi connectivity index (χ1v) is 18.4. The van der Waals surface area contributed by atoms with Crippen molar-refractivity contribution in [3.05, 3.63) is 188 Å². The summed E-state index contributed by atoms with van der Waals surface area (Å²) in [5, 5.41) is 7.46. The molecule has 10 aromatic rings. The van der Waals surface area contributed by atoms with Gasteiger partial charge in [0.05, 0.1) is 33.8 Å². The SMILES string of the molecule is c1ccc(N2c3ccccc3Oc3cc4c(cc32)N(c2ccc(-n3c5ccccc5c5ccc6ccccc6c53)cc2)c2cccc3cccc-4c23)cc1. The van der Waals surface area contributed by atoms with Gasteiger partial charge in [-0.05, 0) is 89.1 Å². The Morgan fingerprint density at radius 1 is 0.352 bits per heavy atom. The maximum absolute atomic E-state index is 6.71. The third-order valence-electron chi connectivity index (χ3n) is 11.2. The monoisotopic (exact) mass is 689 g/mol. The zero-order valence-corrected chi connectivity index (χ0v) is 29.1. The molecule has 0 spiro atoms. The van der Waals surface area contributed by atoms with Crippen molar-refractivity contribution in [2.75, 3.05) is 9.80 Å². The Balaban J connectivity index is 1.09. The molecule has 4 nitrogen and oxygen atoms in total. The number of rotatable bonds is 3. The maximum atomic E-state index is 6.71. The van der Waals surface area contributed by atoms with Crippen LogP contribution in [0.5, 0.6) is 11.5 Å². The van der Waals surface area contributed by atoms with Crippen molar-refractivity contribution in [2.45, 2.75) is 0 Å². The lowest BCUT2D eigenvalue weighted by Crippen LogP contribution is -2.19. The lowest BCUT2D eigenvalue weighted by Gasteiger charge is -2.38. The number of ether oxygens (including phenoxy) is 1. The third-order valence-corrected chi connectivity index (χ3v) is 11.2. The van der Waals surface area contributed by atoms with Crippen LogP contribution in [-0.4, -0.2) is 4.57 Å². The topological polar surface area (TPSA) is 20.6 Å². The molecular weight excluding hydrogens is 659 g/mol. The normalized spacial score (nSPS) is 12.9. The minimum atomic E-state index is 0.835. The van der Waals surface area contributed by atoms with Crippen molar-refractivity contribution in [1.29, 1.82) is 0 Å². The van der Waals surface area contributed by atoms with E-state index in [1.54, 1.807) is 0 Å². The number of fused-ring (bicyclic) bond motifs is 9. The Morgan fingerprint density at radius 2 is 1.02 bits per heavy atom. The van der Waals surface area contributed by atoms with E-state index in [1.165, 1.54) is 48.9 Å². The van der Waals surface area contributed by atoms with E-state index in [-0.39, 0.29) is 0 Å². The van der Waals surface area contributed by atoms with Crippen molar-refractivity contribution in [1.82, 2.24) is 4.57 Å². The molecule has 2 aliphatic rings. The van der Waals surface area contributed by atoms with Crippen molar-refractivity contribution >= 4 is 77.5 Å². The first kappa shape index (κ1) is 29.3. The zero-order chi connectivity index (χ0) is 35.3. The molecule has 0 atom stereocenters. The van der Waals surface area contributed by atoms with E-state index in [9.17, 15) is 0 Å². The lowest BCUT2D eigenvalue weighted by molar-refractivity contribution is 0.477. The highest BCUT2D eigenvalue weighted by molar-refractivity contribution is 6.19. The van der Waals surface area contributed by atoms with Crippen LogP contribution in [0.2, 0.25) is 0 Å². The fourth-order valence-electron chi connectivity index (χ4n) is 8.94. The van der Waals surface area contributed by atoms with Gasteiger partial charge < -0.3 is 19.1 Å². The summed E-state index contributed by atoms with van der Waals surface area (Å²) in [4.78, 5) is 4.75. The highest BCUT2D eigenvalue weighted by Gasteiger charge is 2.32. The molecule has 1 aromatic heterocycles. The van der Waals surface area contributed by atoms with Crippen LogP contribution in [-0.2, 0) is 0 Å². The summed E-state index contributed by atoms with van der Waals surface area (Å²) < 4.78 is 9.15. The van der Waals surface area contributed by atoms with Gasteiger partial charge in [0.2, 0.25) is 0 Å². The molecule has 0 amide bonds. The average Bonchev–Trinajstić information content (AvgIpc) is 3.58. The molecule has 3 heterocycles. The molecule has 0 aliphatic carbocycles. The zero-order valence-electron chi connectivity index (χ0n) is 29.1. The molecule has 0 saturated heterocycles. The predicted molar refractivity (Wildman–Crippen MR) is 224 cm³/mol. The van der Waals surface area contributed by atoms with Crippen LogP contribution >= 0.6 is 0 Å². The molecule has 0 bridgehead atoms. The molecule has 0 fully saturated rings. The first-order chi connectivity index (χ1) is 26.8. The molecule has 0 radical (unpaired) electrons. The number of aromatic nitrogens is 1. The fourth-order valence-corrected chi connectivity index (χ4v) is 8.94. The standard InChI is InChI=1S/C50H31N3O/c1-2-15-34(16-3-1)51-43-21-8-9-23-47(43)54-48-30-41-39-19-10-13-33-14-11-22-44(49(33)39)52(45(41)31-46(48)51)35-25-27-36(28-26-35)53-42-20-7-6-18-38(42)40-29-24-32-12-4-5-17-37(32)50(40)53/h1-31H. The van der Waals surface area contributed by atoms with E-state index >= 15 is 0 Å². The molecule has 0 N–H and O–H groups in total. The van der Waals surface area contributed by atoms with Crippen molar-refractivity contribution in [3.8, 4) is 28.3 Å². The van der Waals surface area contributed by atoms with E-state index in [0.717, 1.165) is 56.9 Å². The third kappa shape index (κ3) is 4.08. The fraction of sp³-hybridized carbons (Fsp3) is 0. The number of hydrogen-bond donors (Lipinski definition) is 0. The summed E-state index contributed by atoms with van der Waals surface area (Å²) in [6.45, 7) is 0. The molecule has 4 heteroatoms. The Kier molecular flexibility index (Phi) is 6.02. The number of nitrogens with zero attached hydrogens (tertiary/aromatic N) is 3. The van der Waals surface area contributed by atoms with E-state index in [1.807, 2.05) is 6.07 Å². The molecule has 9 aromatic carbocycles. The lowest BCUT2D eigenvalue weighted by atomic mass is 9.90. The van der Waals surface area contributed by atoms with Crippen molar-refractivity contribution in [2.24, 2.45) is 0 Å². The van der Waals surface area contributed by atoms with Crippen LogP contribution in [0.4, 0.5) is 34.1 Å². The Hall–Kier alpha value is -7.30. The van der Waals surface area contributed by atoms with Crippen molar-refractivity contribution in [3.63, 3.8) is 0 Å². The van der Waals surface area contributed by atoms with E-state index in [4.69, 9.17) is 4.74 Å². The summed E-state index contributed by atoms with van der Waals surface area (Å²) in [7, 11) is 0. The van der Waals surface area contributed by atoms with Crippen LogP contribution in [0, 0.1) is 0 Å². The van der Waals surface area contributed by atoms with Gasteiger partial charge in [0.25, 0.3) is 0 Å². The number of anilines is 6. The minimum absolute atomic E-state index is 0.835. The van der Waals surface area contributed by atoms with Gasteiger partial charge in [-0.15, -0.1) is 0 Å². The van der Waals surface area contributed by atoms with Crippen LogP contribution in [0.15, 0.2) is 188 Å². The second-order valence-corrected chi connectivity index (χ2v) is 14.1. The molecule has 0 saturated carbocycles. The largest absolute Gasteiger partial charge is 0.453 e. The van der Waals surface area contributed by atoms with Gasteiger partial charge in [-0.25, -0.2) is 0 Å². The highest BCUT2D eigenvalue weighted by atomic mass is 16.5. The van der Waals surface area contributed by atoms with Crippen LogP contribution in [0.3, 0.4) is 0 Å². The molecule has 12 rings (SSSR count). The number of hydrogen-bond acceptors (Lipinski definition) is 3. The first-order valence-electron chi connectivity index (χ1n) is 18.4. The van der Waals surface area contributed by atoms with Crippen LogP contribution < -0.4 is 14.5 Å². The Bertz CT molecular complexity index is 3140. The number of benzene rings is 9. The van der Waals surface area contributed by atoms with Crippen molar-refractivity contribution < 1.29 is 4.74 Å². The molecule has 2 aliphatic heterocycles. The summed E-state index contributed by atoms with van der Waals surface area (Å²) in [6, 6.07) is 67.8. The average molecular weight is 690 g/mol. The van der Waals surface area contributed by atoms with Gasteiger partial charge in [-0.2, -0.15) is 0 Å². The molecular formula is C50H31N3O. The van der Waals surface area contributed by atoms with Gasteiger partial charge in [0, 0.05) is 44.2 Å². The van der Waals surface area contributed by atoms with Gasteiger partial charge >= 0.3 is 0 Å². The van der Waals surface area contributed by atoms with Gasteiger partial charge in [0.1, 0.15) is 0 Å².